The number of anilines is 1. The fraction of sp³-hybridized carbons (Fsp3) is 0.296. The lowest BCUT2D eigenvalue weighted by Crippen LogP contribution is -2.41. The first-order chi connectivity index (χ1) is 16.8. The standard InChI is InChI=1S/C27H32N2O5S/c1-20-12-13-21(2)24(17-20)29(35(31,32)23-10-6-5-7-11-23)19-27(30)28-16-8-9-22-14-15-25(33-3)26(18-22)34-4/h5-7,10-15,17-18H,8-9,16,19H2,1-4H3,(H,28,30). The molecule has 8 heteroatoms. The van der Waals surface area contributed by atoms with Crippen molar-refractivity contribution in [1.29, 1.82) is 0 Å². The quantitative estimate of drug-likeness (QED) is 0.401. The summed E-state index contributed by atoms with van der Waals surface area (Å²) >= 11 is 0. The highest BCUT2D eigenvalue weighted by molar-refractivity contribution is 7.92. The smallest absolute Gasteiger partial charge is 0.264 e. The highest BCUT2D eigenvalue weighted by Gasteiger charge is 2.28. The van der Waals surface area contributed by atoms with Crippen molar-refractivity contribution in [3.8, 4) is 11.5 Å². The van der Waals surface area contributed by atoms with E-state index in [0.29, 0.717) is 30.2 Å². The first-order valence-electron chi connectivity index (χ1n) is 11.4. The number of nitrogens with zero attached hydrogens (tertiary/aromatic N) is 1. The number of rotatable bonds is 11. The molecule has 186 valence electrons. The van der Waals surface area contributed by atoms with E-state index >= 15 is 0 Å². The van der Waals surface area contributed by atoms with Gasteiger partial charge in [-0.2, -0.15) is 0 Å². The Morgan fingerprint density at radius 1 is 0.914 bits per heavy atom. The number of benzene rings is 3. The Labute approximate surface area is 207 Å². The molecule has 1 amide bonds. The van der Waals surface area contributed by atoms with Crippen LogP contribution in [0.2, 0.25) is 0 Å². The van der Waals surface area contributed by atoms with Gasteiger partial charge in [0.1, 0.15) is 6.54 Å². The summed E-state index contributed by atoms with van der Waals surface area (Å²) in [4.78, 5) is 13.0. The Kier molecular flexibility index (Phi) is 8.76. The second kappa shape index (κ2) is 11.8. The van der Waals surface area contributed by atoms with E-state index in [1.165, 1.54) is 16.4 Å². The molecule has 35 heavy (non-hydrogen) atoms. The summed E-state index contributed by atoms with van der Waals surface area (Å²) in [6, 6.07) is 19.5. The number of aryl methyl sites for hydroxylation is 3. The van der Waals surface area contributed by atoms with Crippen molar-refractivity contribution in [3.05, 3.63) is 83.4 Å². The molecule has 0 bridgehead atoms. The van der Waals surface area contributed by atoms with E-state index < -0.39 is 10.0 Å². The summed E-state index contributed by atoms with van der Waals surface area (Å²) in [5.41, 5.74) is 3.24. The van der Waals surface area contributed by atoms with Crippen LogP contribution in [0.25, 0.3) is 0 Å². The van der Waals surface area contributed by atoms with Crippen molar-refractivity contribution >= 4 is 21.6 Å². The van der Waals surface area contributed by atoms with Crippen molar-refractivity contribution in [2.24, 2.45) is 0 Å². The van der Waals surface area contributed by atoms with E-state index in [1.54, 1.807) is 38.5 Å². The number of ether oxygens (including phenoxy) is 2. The van der Waals surface area contributed by atoms with Gasteiger partial charge in [0.05, 0.1) is 24.8 Å². The summed E-state index contributed by atoms with van der Waals surface area (Å²) in [5, 5.41) is 2.86. The molecule has 0 aliphatic heterocycles. The molecule has 0 radical (unpaired) electrons. The third kappa shape index (κ3) is 6.54. The van der Waals surface area contributed by atoms with Crippen LogP contribution in [0.5, 0.6) is 11.5 Å². The average molecular weight is 497 g/mol. The first kappa shape index (κ1) is 26.1. The number of sulfonamides is 1. The van der Waals surface area contributed by atoms with E-state index in [2.05, 4.69) is 5.32 Å². The minimum absolute atomic E-state index is 0.141. The zero-order valence-electron chi connectivity index (χ0n) is 20.6. The molecule has 3 aromatic carbocycles. The molecule has 0 saturated carbocycles. The Morgan fingerprint density at radius 2 is 1.63 bits per heavy atom. The molecule has 0 spiro atoms. The van der Waals surface area contributed by atoms with Gasteiger partial charge >= 0.3 is 0 Å². The number of amides is 1. The molecule has 3 rings (SSSR count). The maximum absolute atomic E-state index is 13.5. The predicted octanol–water partition coefficient (Wildman–Crippen LogP) is 4.26. The molecule has 0 fully saturated rings. The number of hydrogen-bond acceptors (Lipinski definition) is 5. The van der Waals surface area contributed by atoms with Gasteiger partial charge in [-0.25, -0.2) is 8.42 Å². The summed E-state index contributed by atoms with van der Waals surface area (Å²) in [6.45, 7) is 3.84. The lowest BCUT2D eigenvalue weighted by molar-refractivity contribution is -0.119. The monoisotopic (exact) mass is 496 g/mol. The van der Waals surface area contributed by atoms with Gasteiger partial charge in [0.2, 0.25) is 5.91 Å². The molecule has 0 saturated heterocycles. The number of hydrogen-bond donors (Lipinski definition) is 1. The topological polar surface area (TPSA) is 84.9 Å². The molecule has 0 unspecified atom stereocenters. The maximum atomic E-state index is 13.5. The van der Waals surface area contributed by atoms with Crippen molar-refractivity contribution in [2.45, 2.75) is 31.6 Å². The molecule has 3 aromatic rings. The number of methoxy groups -OCH3 is 2. The van der Waals surface area contributed by atoms with Crippen LogP contribution in [0.1, 0.15) is 23.1 Å². The van der Waals surface area contributed by atoms with Gasteiger partial charge in [0.25, 0.3) is 10.0 Å². The lowest BCUT2D eigenvalue weighted by Gasteiger charge is -2.26. The molecule has 0 heterocycles. The SMILES string of the molecule is COc1ccc(CCCNC(=O)CN(c2cc(C)ccc2C)S(=O)(=O)c2ccccc2)cc1OC. The van der Waals surface area contributed by atoms with Crippen LogP contribution < -0.4 is 19.1 Å². The molecule has 0 aliphatic rings. The molecule has 1 N–H and O–H groups in total. The molecular weight excluding hydrogens is 464 g/mol. The lowest BCUT2D eigenvalue weighted by atomic mass is 10.1. The fourth-order valence-electron chi connectivity index (χ4n) is 3.75. The van der Waals surface area contributed by atoms with E-state index in [0.717, 1.165) is 23.1 Å². The highest BCUT2D eigenvalue weighted by Crippen LogP contribution is 2.29. The zero-order valence-corrected chi connectivity index (χ0v) is 21.4. The fourth-order valence-corrected chi connectivity index (χ4v) is 5.25. The van der Waals surface area contributed by atoms with Gasteiger partial charge in [-0.15, -0.1) is 0 Å². The highest BCUT2D eigenvalue weighted by atomic mass is 32.2. The van der Waals surface area contributed by atoms with E-state index in [4.69, 9.17) is 9.47 Å². The van der Waals surface area contributed by atoms with Crippen LogP contribution in [0.4, 0.5) is 5.69 Å². The third-order valence-corrected chi connectivity index (χ3v) is 7.44. The van der Waals surface area contributed by atoms with Crippen LogP contribution >= 0.6 is 0 Å². The van der Waals surface area contributed by atoms with Crippen molar-refractivity contribution in [3.63, 3.8) is 0 Å². The van der Waals surface area contributed by atoms with Crippen molar-refractivity contribution < 1.29 is 22.7 Å². The molecule has 7 nitrogen and oxygen atoms in total. The summed E-state index contributed by atoms with van der Waals surface area (Å²) in [7, 11) is -0.749. The van der Waals surface area contributed by atoms with Gasteiger partial charge in [-0.1, -0.05) is 36.4 Å². The minimum Gasteiger partial charge on any atom is -0.493 e. The van der Waals surface area contributed by atoms with Crippen LogP contribution in [-0.2, 0) is 21.2 Å². The zero-order chi connectivity index (χ0) is 25.4. The molecule has 0 atom stereocenters. The van der Waals surface area contributed by atoms with E-state index in [9.17, 15) is 13.2 Å². The van der Waals surface area contributed by atoms with Crippen molar-refractivity contribution in [1.82, 2.24) is 5.32 Å². The minimum atomic E-state index is -3.93. The van der Waals surface area contributed by atoms with Crippen LogP contribution in [0, 0.1) is 13.8 Å². The number of carbonyl (C=O) groups excluding carboxylic acids is 1. The summed E-state index contributed by atoms with van der Waals surface area (Å²) in [5.74, 6) is 0.956. The van der Waals surface area contributed by atoms with Gasteiger partial charge in [0.15, 0.2) is 11.5 Å². The molecule has 0 aromatic heterocycles. The Morgan fingerprint density at radius 3 is 2.31 bits per heavy atom. The Hall–Kier alpha value is -3.52. The second-order valence-electron chi connectivity index (χ2n) is 8.26. The van der Waals surface area contributed by atoms with Crippen LogP contribution in [-0.4, -0.2) is 41.6 Å². The van der Waals surface area contributed by atoms with Crippen LogP contribution in [0.15, 0.2) is 71.6 Å². The van der Waals surface area contributed by atoms with Crippen LogP contribution in [0.3, 0.4) is 0 Å². The Balaban J connectivity index is 1.70. The summed E-state index contributed by atoms with van der Waals surface area (Å²) in [6.07, 6.45) is 1.42. The summed E-state index contributed by atoms with van der Waals surface area (Å²) < 4.78 is 38.8. The average Bonchev–Trinajstić information content (AvgIpc) is 2.87. The first-order valence-corrected chi connectivity index (χ1v) is 12.8. The second-order valence-corrected chi connectivity index (χ2v) is 10.1. The van der Waals surface area contributed by atoms with Gasteiger partial charge in [-0.3, -0.25) is 9.10 Å². The van der Waals surface area contributed by atoms with Gasteiger partial charge < -0.3 is 14.8 Å². The number of carbonyl (C=O) groups is 1. The largest absolute Gasteiger partial charge is 0.493 e. The molecule has 0 aliphatic carbocycles. The normalized spacial score (nSPS) is 11.1. The van der Waals surface area contributed by atoms with Gasteiger partial charge in [-0.05, 0) is 73.7 Å². The predicted molar refractivity (Wildman–Crippen MR) is 138 cm³/mol. The third-order valence-electron chi connectivity index (χ3n) is 5.66. The van der Waals surface area contributed by atoms with Gasteiger partial charge in [0, 0.05) is 6.54 Å². The molecular formula is C27H32N2O5S. The Bertz CT molecular complexity index is 1260. The van der Waals surface area contributed by atoms with E-state index in [1.807, 2.05) is 44.2 Å². The van der Waals surface area contributed by atoms with Crippen molar-refractivity contribution in [2.75, 3.05) is 31.6 Å². The van der Waals surface area contributed by atoms with E-state index in [-0.39, 0.29) is 17.3 Å². The number of nitrogens with one attached hydrogen (secondary N) is 1. The maximum Gasteiger partial charge on any atom is 0.264 e.